The highest BCUT2D eigenvalue weighted by atomic mass is 19.4. The summed E-state index contributed by atoms with van der Waals surface area (Å²) in [6, 6.07) is 5.31. The first-order valence-electron chi connectivity index (χ1n) is 9.40. The number of hydrogen-bond donors (Lipinski definition) is 1. The van der Waals surface area contributed by atoms with Gasteiger partial charge in [0.15, 0.2) is 5.96 Å². The average molecular weight is 385 g/mol. The number of guanidine groups is 1. The fourth-order valence-electron chi connectivity index (χ4n) is 3.43. The molecule has 2 unspecified atom stereocenters. The molecule has 3 rings (SSSR count). The van der Waals surface area contributed by atoms with Crippen molar-refractivity contribution in [3.63, 3.8) is 0 Å². The molecule has 0 aliphatic carbocycles. The van der Waals surface area contributed by atoms with E-state index in [4.69, 9.17) is 9.47 Å². The maximum Gasteiger partial charge on any atom is 0.416 e. The molecule has 0 spiro atoms. The predicted octanol–water partition coefficient (Wildman–Crippen LogP) is 3.05. The molecule has 1 N–H and O–H groups in total. The van der Waals surface area contributed by atoms with E-state index in [-0.39, 0.29) is 18.8 Å². The SMILES string of the molecule is CCNC(=NCc1cccc(C(F)(F)F)c1)N1CCOC(C2CCCO2)C1. The van der Waals surface area contributed by atoms with Crippen molar-refractivity contribution in [2.24, 2.45) is 4.99 Å². The van der Waals surface area contributed by atoms with Crippen LogP contribution in [0.2, 0.25) is 0 Å². The van der Waals surface area contributed by atoms with Crippen LogP contribution in [0.15, 0.2) is 29.3 Å². The first-order chi connectivity index (χ1) is 13.0. The first-order valence-corrected chi connectivity index (χ1v) is 9.40. The van der Waals surface area contributed by atoms with Crippen LogP contribution < -0.4 is 5.32 Å². The predicted molar refractivity (Wildman–Crippen MR) is 96.5 cm³/mol. The van der Waals surface area contributed by atoms with E-state index in [9.17, 15) is 13.2 Å². The zero-order valence-electron chi connectivity index (χ0n) is 15.5. The van der Waals surface area contributed by atoms with Crippen molar-refractivity contribution in [3.05, 3.63) is 35.4 Å². The van der Waals surface area contributed by atoms with E-state index in [1.165, 1.54) is 6.07 Å². The number of nitrogens with zero attached hydrogens (tertiary/aromatic N) is 2. The first kappa shape index (κ1) is 19.9. The molecule has 2 aliphatic heterocycles. The van der Waals surface area contributed by atoms with Gasteiger partial charge in [0.05, 0.1) is 24.8 Å². The summed E-state index contributed by atoms with van der Waals surface area (Å²) in [5.41, 5.74) is -0.116. The molecule has 2 fully saturated rings. The number of rotatable bonds is 4. The van der Waals surface area contributed by atoms with Crippen LogP contribution in [0.3, 0.4) is 0 Å². The van der Waals surface area contributed by atoms with Crippen LogP contribution in [-0.2, 0) is 22.2 Å². The Morgan fingerprint density at radius 1 is 1.26 bits per heavy atom. The monoisotopic (exact) mass is 385 g/mol. The number of halogens is 3. The van der Waals surface area contributed by atoms with Crippen molar-refractivity contribution >= 4 is 5.96 Å². The van der Waals surface area contributed by atoms with Gasteiger partial charge in [-0.15, -0.1) is 0 Å². The highest BCUT2D eigenvalue weighted by Gasteiger charge is 2.32. The van der Waals surface area contributed by atoms with Crippen LogP contribution in [-0.4, -0.2) is 55.9 Å². The fraction of sp³-hybridized carbons (Fsp3) is 0.632. The van der Waals surface area contributed by atoms with Crippen LogP contribution in [0.4, 0.5) is 13.2 Å². The largest absolute Gasteiger partial charge is 0.416 e. The Balaban J connectivity index is 1.69. The maximum atomic E-state index is 12.9. The molecular formula is C19H26F3N3O2. The van der Waals surface area contributed by atoms with Crippen molar-refractivity contribution in [1.29, 1.82) is 0 Å². The highest BCUT2D eigenvalue weighted by Crippen LogP contribution is 2.29. The minimum atomic E-state index is -4.34. The van der Waals surface area contributed by atoms with E-state index in [1.807, 2.05) is 6.92 Å². The number of hydrogen-bond acceptors (Lipinski definition) is 3. The second-order valence-corrected chi connectivity index (χ2v) is 6.78. The number of ether oxygens (including phenoxy) is 2. The summed E-state index contributed by atoms with van der Waals surface area (Å²) < 4.78 is 50.3. The minimum absolute atomic E-state index is 0.00124. The normalized spacial score (nSPS) is 24.3. The third-order valence-electron chi connectivity index (χ3n) is 4.77. The molecule has 0 amide bonds. The Kier molecular flexibility index (Phi) is 6.59. The zero-order valence-corrected chi connectivity index (χ0v) is 15.5. The van der Waals surface area contributed by atoms with E-state index < -0.39 is 11.7 Å². The van der Waals surface area contributed by atoms with Crippen LogP contribution >= 0.6 is 0 Å². The van der Waals surface area contributed by atoms with Crippen molar-refractivity contribution in [1.82, 2.24) is 10.2 Å². The van der Waals surface area contributed by atoms with E-state index in [1.54, 1.807) is 6.07 Å². The minimum Gasteiger partial charge on any atom is -0.375 e. The Bertz CT molecular complexity index is 645. The van der Waals surface area contributed by atoms with Crippen molar-refractivity contribution in [2.75, 3.05) is 32.8 Å². The third-order valence-corrected chi connectivity index (χ3v) is 4.77. The summed E-state index contributed by atoms with van der Waals surface area (Å²) in [4.78, 5) is 6.66. The van der Waals surface area contributed by atoms with Crippen molar-refractivity contribution in [3.8, 4) is 0 Å². The lowest BCUT2D eigenvalue weighted by Gasteiger charge is -2.37. The Hall–Kier alpha value is -1.80. The molecule has 2 heterocycles. The van der Waals surface area contributed by atoms with E-state index in [2.05, 4.69) is 15.2 Å². The smallest absolute Gasteiger partial charge is 0.375 e. The third kappa shape index (κ3) is 5.35. The lowest BCUT2D eigenvalue weighted by atomic mass is 10.1. The Morgan fingerprint density at radius 3 is 2.78 bits per heavy atom. The number of morpholine rings is 1. The standard InChI is InChI=1S/C19H26F3N3O2/c1-2-23-18(24-12-14-5-3-6-15(11-14)19(20,21)22)25-8-10-27-17(13-25)16-7-4-9-26-16/h3,5-6,11,16-17H,2,4,7-10,12-13H2,1H3,(H,23,24). The molecule has 150 valence electrons. The van der Waals surface area contributed by atoms with E-state index in [0.717, 1.165) is 31.6 Å². The van der Waals surface area contributed by atoms with Crippen molar-refractivity contribution in [2.45, 2.75) is 44.7 Å². The summed E-state index contributed by atoms with van der Waals surface area (Å²) in [6.07, 6.45) is -2.19. The molecule has 0 radical (unpaired) electrons. The van der Waals surface area contributed by atoms with E-state index in [0.29, 0.717) is 37.8 Å². The Morgan fingerprint density at radius 2 is 2.07 bits per heavy atom. The molecule has 2 aliphatic rings. The second kappa shape index (κ2) is 8.93. The van der Waals surface area contributed by atoms with Gasteiger partial charge in [-0.1, -0.05) is 12.1 Å². The molecule has 0 saturated carbocycles. The number of aliphatic imine (C=N–C) groups is 1. The van der Waals surface area contributed by atoms with Gasteiger partial charge in [0.2, 0.25) is 0 Å². The molecule has 27 heavy (non-hydrogen) atoms. The summed E-state index contributed by atoms with van der Waals surface area (Å²) in [6.45, 7) is 5.55. The molecule has 0 aromatic heterocycles. The second-order valence-electron chi connectivity index (χ2n) is 6.78. The molecule has 5 nitrogen and oxygen atoms in total. The topological polar surface area (TPSA) is 46.1 Å². The van der Waals surface area contributed by atoms with Gasteiger partial charge in [0.25, 0.3) is 0 Å². The summed E-state index contributed by atoms with van der Waals surface area (Å²) >= 11 is 0. The molecular weight excluding hydrogens is 359 g/mol. The molecule has 8 heteroatoms. The average Bonchev–Trinajstić information content (AvgIpc) is 3.20. The van der Waals surface area contributed by atoms with Gasteiger partial charge in [-0.05, 0) is 37.5 Å². The lowest BCUT2D eigenvalue weighted by Crippen LogP contribution is -2.53. The van der Waals surface area contributed by atoms with Gasteiger partial charge < -0.3 is 19.7 Å². The highest BCUT2D eigenvalue weighted by molar-refractivity contribution is 5.80. The summed E-state index contributed by atoms with van der Waals surface area (Å²) in [5, 5.41) is 3.24. The molecule has 1 aromatic carbocycles. The molecule has 2 saturated heterocycles. The van der Waals surface area contributed by atoms with Crippen LogP contribution in [0.25, 0.3) is 0 Å². The summed E-state index contributed by atoms with van der Waals surface area (Å²) in [7, 11) is 0. The molecule has 1 aromatic rings. The number of alkyl halides is 3. The fourth-order valence-corrected chi connectivity index (χ4v) is 3.43. The quantitative estimate of drug-likeness (QED) is 0.639. The van der Waals surface area contributed by atoms with Crippen LogP contribution in [0, 0.1) is 0 Å². The van der Waals surface area contributed by atoms with Crippen molar-refractivity contribution < 1.29 is 22.6 Å². The maximum absolute atomic E-state index is 12.9. The van der Waals surface area contributed by atoms with Gasteiger partial charge in [0.1, 0.15) is 6.10 Å². The summed E-state index contributed by atoms with van der Waals surface area (Å²) in [5.74, 6) is 0.696. The van der Waals surface area contributed by atoms with Crippen LogP contribution in [0.5, 0.6) is 0 Å². The van der Waals surface area contributed by atoms with Crippen LogP contribution in [0.1, 0.15) is 30.9 Å². The zero-order chi connectivity index (χ0) is 19.3. The molecule has 2 atom stereocenters. The number of nitrogens with one attached hydrogen (secondary N) is 1. The number of benzene rings is 1. The van der Waals surface area contributed by atoms with Gasteiger partial charge in [0, 0.05) is 26.2 Å². The van der Waals surface area contributed by atoms with E-state index >= 15 is 0 Å². The molecule has 0 bridgehead atoms. The van der Waals surface area contributed by atoms with Gasteiger partial charge in [-0.3, -0.25) is 0 Å². The van der Waals surface area contributed by atoms with Gasteiger partial charge >= 0.3 is 6.18 Å². The Labute approximate surface area is 157 Å². The van der Waals surface area contributed by atoms with Gasteiger partial charge in [-0.2, -0.15) is 13.2 Å². The van der Waals surface area contributed by atoms with Gasteiger partial charge in [-0.25, -0.2) is 4.99 Å². The lowest BCUT2D eigenvalue weighted by molar-refractivity contribution is -0.137.